The summed E-state index contributed by atoms with van der Waals surface area (Å²) in [5.74, 6) is 1.37. The molecule has 2 aliphatic rings. The molecule has 1 aromatic rings. The summed E-state index contributed by atoms with van der Waals surface area (Å²) in [5, 5.41) is 11.8. The predicted molar refractivity (Wildman–Crippen MR) is 94.5 cm³/mol. The van der Waals surface area contributed by atoms with Crippen molar-refractivity contribution in [3.05, 3.63) is 5.82 Å². The van der Waals surface area contributed by atoms with E-state index in [0.29, 0.717) is 38.5 Å². The Morgan fingerprint density at radius 3 is 2.38 bits per heavy atom. The van der Waals surface area contributed by atoms with Gasteiger partial charge in [-0.05, 0) is 42.3 Å². The number of sulfonamides is 1. The molecule has 0 spiro atoms. The largest absolute Gasteiger partial charge is 0.338 e. The first-order valence-corrected chi connectivity index (χ1v) is 10.9. The molecule has 26 heavy (non-hydrogen) atoms. The Hall–Kier alpha value is -1.59. The average molecular weight is 385 g/mol. The van der Waals surface area contributed by atoms with Gasteiger partial charge < -0.3 is 4.90 Å². The lowest BCUT2D eigenvalue weighted by Gasteiger charge is -2.33. The van der Waals surface area contributed by atoms with Crippen LogP contribution < -0.4 is 0 Å². The lowest BCUT2D eigenvalue weighted by molar-refractivity contribution is -0.133. The smallest absolute Gasteiger partial charge is 0.244 e. The van der Waals surface area contributed by atoms with Gasteiger partial charge in [0.1, 0.15) is 6.54 Å². The highest BCUT2D eigenvalue weighted by atomic mass is 32.2. The van der Waals surface area contributed by atoms with Gasteiger partial charge >= 0.3 is 0 Å². The molecule has 1 amide bonds. The fourth-order valence-corrected chi connectivity index (χ4v) is 4.20. The normalized spacial score (nSPS) is 21.2. The highest BCUT2D eigenvalue weighted by Crippen LogP contribution is 2.17. The van der Waals surface area contributed by atoms with Crippen LogP contribution in [0.1, 0.15) is 25.6 Å². The predicted octanol–water partition coefficient (Wildman–Crippen LogP) is -0.991. The molecule has 0 aliphatic carbocycles. The summed E-state index contributed by atoms with van der Waals surface area (Å²) in [5.41, 5.74) is 0. The molecule has 0 saturated carbocycles. The van der Waals surface area contributed by atoms with Crippen LogP contribution in [-0.4, -0.2) is 94.2 Å². The number of amides is 1. The van der Waals surface area contributed by atoms with Crippen molar-refractivity contribution in [2.75, 3.05) is 45.5 Å². The molecule has 0 atom stereocenters. The molecule has 0 unspecified atom stereocenters. The zero-order valence-electron chi connectivity index (χ0n) is 15.4. The number of piperidine rings is 1. The lowest BCUT2D eigenvalue weighted by Crippen LogP contribution is -2.51. The summed E-state index contributed by atoms with van der Waals surface area (Å²) in [7, 11) is -3.20. The molecule has 0 bridgehead atoms. The highest BCUT2D eigenvalue weighted by molar-refractivity contribution is 7.88. The van der Waals surface area contributed by atoms with Crippen LogP contribution in [0.25, 0.3) is 0 Å². The van der Waals surface area contributed by atoms with Gasteiger partial charge in [0, 0.05) is 26.2 Å². The fourth-order valence-electron chi connectivity index (χ4n) is 3.38. The van der Waals surface area contributed by atoms with Gasteiger partial charge in [0.2, 0.25) is 15.9 Å². The minimum absolute atomic E-state index is 0.0843. The quantitative estimate of drug-likeness (QED) is 0.641. The van der Waals surface area contributed by atoms with Crippen molar-refractivity contribution >= 4 is 15.9 Å². The van der Waals surface area contributed by atoms with Crippen LogP contribution in [0.5, 0.6) is 0 Å². The van der Waals surface area contributed by atoms with Gasteiger partial charge in [-0.25, -0.2) is 13.1 Å². The molecule has 146 valence electrons. The molecule has 11 heteroatoms. The number of likely N-dealkylation sites (tertiary alicyclic amines) is 1. The third-order valence-corrected chi connectivity index (χ3v) is 6.50. The van der Waals surface area contributed by atoms with E-state index in [1.807, 2.05) is 0 Å². The maximum Gasteiger partial charge on any atom is 0.244 e. The Balaban J connectivity index is 1.53. The van der Waals surface area contributed by atoms with Crippen LogP contribution in [0.15, 0.2) is 0 Å². The van der Waals surface area contributed by atoms with Gasteiger partial charge in [0.05, 0.1) is 12.8 Å². The Morgan fingerprint density at radius 1 is 1.12 bits per heavy atom. The minimum Gasteiger partial charge on any atom is -0.338 e. The van der Waals surface area contributed by atoms with Crippen molar-refractivity contribution in [2.45, 2.75) is 32.9 Å². The van der Waals surface area contributed by atoms with Crippen molar-refractivity contribution in [1.29, 1.82) is 0 Å². The summed E-state index contributed by atoms with van der Waals surface area (Å²) < 4.78 is 26.1. The molecule has 2 aliphatic heterocycles. The number of piperazine rings is 1. The Kier molecular flexibility index (Phi) is 5.88. The number of hydrogen-bond donors (Lipinski definition) is 0. The van der Waals surface area contributed by atoms with E-state index < -0.39 is 10.0 Å². The van der Waals surface area contributed by atoms with Crippen molar-refractivity contribution in [3.63, 3.8) is 0 Å². The van der Waals surface area contributed by atoms with E-state index in [0.717, 1.165) is 19.0 Å². The molecule has 2 saturated heterocycles. The summed E-state index contributed by atoms with van der Waals surface area (Å²) in [4.78, 5) is 16.5. The Morgan fingerprint density at radius 2 is 1.77 bits per heavy atom. The van der Waals surface area contributed by atoms with E-state index in [4.69, 9.17) is 0 Å². The van der Waals surface area contributed by atoms with E-state index in [1.165, 1.54) is 23.4 Å². The van der Waals surface area contributed by atoms with Crippen LogP contribution in [0.3, 0.4) is 0 Å². The first-order chi connectivity index (χ1) is 12.3. The molecule has 0 N–H and O–H groups in total. The van der Waals surface area contributed by atoms with Crippen molar-refractivity contribution < 1.29 is 13.2 Å². The lowest BCUT2D eigenvalue weighted by atomic mass is 9.99. The topological polar surface area (TPSA) is 105 Å². The number of nitrogens with zero attached hydrogens (tertiary/aromatic N) is 7. The monoisotopic (exact) mass is 385 g/mol. The summed E-state index contributed by atoms with van der Waals surface area (Å²) in [6.07, 6.45) is 3.54. The van der Waals surface area contributed by atoms with E-state index >= 15 is 0 Å². The second kappa shape index (κ2) is 7.97. The van der Waals surface area contributed by atoms with E-state index in [1.54, 1.807) is 9.58 Å². The Labute approximate surface area is 154 Å². The maximum atomic E-state index is 12.5. The molecule has 10 nitrogen and oxygen atoms in total. The van der Waals surface area contributed by atoms with Crippen LogP contribution >= 0.6 is 0 Å². The number of hydrogen-bond acceptors (Lipinski definition) is 7. The molecular weight excluding hydrogens is 358 g/mol. The van der Waals surface area contributed by atoms with Crippen molar-refractivity contribution in [3.8, 4) is 0 Å². The third kappa shape index (κ3) is 4.77. The number of aromatic nitrogens is 4. The molecule has 3 rings (SSSR count). The zero-order chi connectivity index (χ0) is 18.7. The Bertz CT molecular complexity index is 719. The molecular formula is C15H27N7O3S. The molecule has 0 aromatic carbocycles. The number of rotatable bonds is 5. The zero-order valence-corrected chi connectivity index (χ0v) is 16.2. The molecule has 3 heterocycles. The van der Waals surface area contributed by atoms with Crippen LogP contribution in [0.2, 0.25) is 0 Å². The van der Waals surface area contributed by atoms with Crippen molar-refractivity contribution in [2.24, 2.45) is 5.92 Å². The van der Waals surface area contributed by atoms with Crippen LogP contribution in [0.4, 0.5) is 0 Å². The van der Waals surface area contributed by atoms with Gasteiger partial charge in [-0.3, -0.25) is 9.69 Å². The first-order valence-electron chi connectivity index (χ1n) is 9.03. The van der Waals surface area contributed by atoms with Gasteiger partial charge in [0.15, 0.2) is 5.82 Å². The third-order valence-electron chi connectivity index (χ3n) is 5.19. The maximum absolute atomic E-state index is 12.5. The van der Waals surface area contributed by atoms with E-state index in [-0.39, 0.29) is 12.5 Å². The summed E-state index contributed by atoms with van der Waals surface area (Å²) in [6, 6.07) is 0. The highest BCUT2D eigenvalue weighted by Gasteiger charge is 2.27. The fraction of sp³-hybridized carbons (Fsp3) is 0.867. The minimum atomic E-state index is -3.20. The standard InChI is InChI=1S/C15H27N7O3S/c1-13-3-5-19(6-4-13)11-14-16-17-18-22(14)12-15(23)20-7-9-21(10-8-20)26(2,24)25/h13H,3-12H2,1-2H3. The van der Waals surface area contributed by atoms with Gasteiger partial charge in [-0.15, -0.1) is 5.10 Å². The SMILES string of the molecule is CC1CCN(Cc2nnnn2CC(=O)N2CCN(S(C)(=O)=O)CC2)CC1. The molecule has 0 radical (unpaired) electrons. The first kappa shape index (κ1) is 19.2. The van der Waals surface area contributed by atoms with E-state index in [9.17, 15) is 13.2 Å². The van der Waals surface area contributed by atoms with Crippen LogP contribution in [0, 0.1) is 5.92 Å². The van der Waals surface area contributed by atoms with Crippen LogP contribution in [-0.2, 0) is 27.9 Å². The summed E-state index contributed by atoms with van der Waals surface area (Å²) in [6.45, 7) is 6.51. The second-order valence-corrected chi connectivity index (χ2v) is 9.24. The van der Waals surface area contributed by atoms with E-state index in [2.05, 4.69) is 27.3 Å². The second-order valence-electron chi connectivity index (χ2n) is 7.25. The molecule has 2 fully saturated rings. The average Bonchev–Trinajstić information content (AvgIpc) is 3.03. The van der Waals surface area contributed by atoms with Gasteiger partial charge in [-0.2, -0.15) is 4.31 Å². The van der Waals surface area contributed by atoms with Crippen molar-refractivity contribution in [1.82, 2.24) is 34.3 Å². The van der Waals surface area contributed by atoms with Gasteiger partial charge in [0.25, 0.3) is 0 Å². The summed E-state index contributed by atoms with van der Waals surface area (Å²) >= 11 is 0. The van der Waals surface area contributed by atoms with Gasteiger partial charge in [-0.1, -0.05) is 6.92 Å². The molecule has 1 aromatic heterocycles. The number of tetrazole rings is 1. The number of carbonyl (C=O) groups is 1. The number of carbonyl (C=O) groups excluding carboxylic acids is 1.